The van der Waals surface area contributed by atoms with Gasteiger partial charge in [0.1, 0.15) is 11.8 Å². The van der Waals surface area contributed by atoms with Gasteiger partial charge in [-0.3, -0.25) is 9.59 Å². The molecule has 25 heavy (non-hydrogen) atoms. The van der Waals surface area contributed by atoms with Gasteiger partial charge in [-0.05, 0) is 11.1 Å². The van der Waals surface area contributed by atoms with E-state index >= 15 is 0 Å². The van der Waals surface area contributed by atoms with Gasteiger partial charge in [0.2, 0.25) is 0 Å². The Morgan fingerprint density at radius 3 is 2.48 bits per heavy atom. The SMILES string of the molecule is O=C(O)C1=C(C(=O)O)N2N=Cc3ccccc3C2C2C(=O)OC(=O)C12. The minimum absolute atomic E-state index is 0.572. The highest BCUT2D eigenvalue weighted by molar-refractivity contribution is 6.09. The molecule has 1 aromatic carbocycles. The summed E-state index contributed by atoms with van der Waals surface area (Å²) in [5.74, 6) is -7.77. The topological polar surface area (TPSA) is 134 Å². The molecule has 9 nitrogen and oxygen atoms in total. The average Bonchev–Trinajstić information content (AvgIpc) is 2.87. The molecule has 0 amide bonds. The molecule has 0 aliphatic carbocycles. The van der Waals surface area contributed by atoms with E-state index in [4.69, 9.17) is 0 Å². The highest BCUT2D eigenvalue weighted by atomic mass is 16.6. The van der Waals surface area contributed by atoms with Gasteiger partial charge in [-0.15, -0.1) is 0 Å². The summed E-state index contributed by atoms with van der Waals surface area (Å²) in [5, 5.41) is 24.0. The van der Waals surface area contributed by atoms with Crippen LogP contribution in [-0.4, -0.2) is 45.3 Å². The molecule has 0 saturated carbocycles. The number of carboxylic acid groups (broad SMARTS) is 2. The number of cyclic esters (lactones) is 2. The standard InChI is InChI=1S/C16H10N2O7/c19-13(20)9-8-10(16(24)25-15(8)23)11-7-4-2-1-3-6(7)5-17-18(11)12(9)14(21)22/h1-5,8,10-11H,(H,19,20)(H,21,22). The van der Waals surface area contributed by atoms with Crippen LogP contribution in [0, 0.1) is 11.8 Å². The average molecular weight is 342 g/mol. The van der Waals surface area contributed by atoms with Crippen LogP contribution >= 0.6 is 0 Å². The second-order valence-corrected chi connectivity index (χ2v) is 5.78. The molecule has 1 saturated heterocycles. The zero-order chi connectivity index (χ0) is 17.9. The molecule has 3 aliphatic heterocycles. The molecule has 1 aromatic rings. The lowest BCUT2D eigenvalue weighted by atomic mass is 9.74. The molecule has 1 fully saturated rings. The predicted octanol–water partition coefficient (Wildman–Crippen LogP) is 0.130. The summed E-state index contributed by atoms with van der Waals surface area (Å²) < 4.78 is 4.63. The van der Waals surface area contributed by atoms with E-state index in [1.807, 2.05) is 0 Å². The monoisotopic (exact) mass is 342 g/mol. The minimum Gasteiger partial charge on any atom is -0.478 e. The summed E-state index contributed by atoms with van der Waals surface area (Å²) in [6, 6.07) is 5.92. The minimum atomic E-state index is -1.61. The molecule has 3 aliphatic rings. The molecule has 0 spiro atoms. The van der Waals surface area contributed by atoms with Gasteiger partial charge >= 0.3 is 23.9 Å². The Labute approximate surface area is 139 Å². The Morgan fingerprint density at radius 1 is 1.08 bits per heavy atom. The number of ether oxygens (including phenoxy) is 1. The first-order chi connectivity index (χ1) is 11.9. The molecule has 126 valence electrons. The van der Waals surface area contributed by atoms with E-state index in [9.17, 15) is 29.4 Å². The Balaban J connectivity index is 2.04. The molecule has 0 aromatic heterocycles. The predicted molar refractivity (Wildman–Crippen MR) is 79.0 cm³/mol. The van der Waals surface area contributed by atoms with E-state index in [1.165, 1.54) is 6.21 Å². The van der Waals surface area contributed by atoms with Crippen LogP contribution in [-0.2, 0) is 23.9 Å². The van der Waals surface area contributed by atoms with E-state index in [0.29, 0.717) is 11.1 Å². The summed E-state index contributed by atoms with van der Waals surface area (Å²) in [5.41, 5.74) is -0.113. The van der Waals surface area contributed by atoms with Crippen molar-refractivity contribution in [3.8, 4) is 0 Å². The van der Waals surface area contributed by atoms with Crippen LogP contribution in [0.25, 0.3) is 0 Å². The van der Waals surface area contributed by atoms with Crippen molar-refractivity contribution in [3.63, 3.8) is 0 Å². The second kappa shape index (κ2) is 5.00. The van der Waals surface area contributed by atoms with E-state index in [-0.39, 0.29) is 0 Å². The summed E-state index contributed by atoms with van der Waals surface area (Å²) in [7, 11) is 0. The molecule has 4 rings (SSSR count). The fraction of sp³-hybridized carbons (Fsp3) is 0.188. The van der Waals surface area contributed by atoms with Crippen molar-refractivity contribution < 1.29 is 34.1 Å². The van der Waals surface area contributed by atoms with Gasteiger partial charge in [-0.25, -0.2) is 14.6 Å². The smallest absolute Gasteiger partial charge is 0.354 e. The van der Waals surface area contributed by atoms with Gasteiger partial charge < -0.3 is 14.9 Å². The zero-order valence-electron chi connectivity index (χ0n) is 12.4. The third kappa shape index (κ3) is 1.92. The Hall–Kier alpha value is -3.49. The third-order valence-electron chi connectivity index (χ3n) is 4.55. The largest absolute Gasteiger partial charge is 0.478 e. The van der Waals surface area contributed by atoms with Crippen LogP contribution in [0.2, 0.25) is 0 Å². The van der Waals surface area contributed by atoms with Crippen molar-refractivity contribution in [2.45, 2.75) is 6.04 Å². The Kier molecular flexibility index (Phi) is 3.01. The highest BCUT2D eigenvalue weighted by Crippen LogP contribution is 2.50. The summed E-state index contributed by atoms with van der Waals surface area (Å²) >= 11 is 0. The molecule has 9 heteroatoms. The number of hydrogen-bond acceptors (Lipinski definition) is 7. The number of esters is 2. The number of carbonyl (C=O) groups excluding carboxylic acids is 2. The van der Waals surface area contributed by atoms with Crippen molar-refractivity contribution in [3.05, 3.63) is 46.7 Å². The van der Waals surface area contributed by atoms with E-state index in [1.54, 1.807) is 24.3 Å². The zero-order valence-corrected chi connectivity index (χ0v) is 12.4. The number of rotatable bonds is 2. The fourth-order valence-corrected chi connectivity index (χ4v) is 3.61. The van der Waals surface area contributed by atoms with Crippen molar-refractivity contribution in [2.75, 3.05) is 0 Å². The first kappa shape index (κ1) is 15.1. The van der Waals surface area contributed by atoms with Crippen LogP contribution in [0.1, 0.15) is 17.2 Å². The number of benzene rings is 1. The molecular weight excluding hydrogens is 332 g/mol. The van der Waals surface area contributed by atoms with Crippen molar-refractivity contribution in [1.82, 2.24) is 5.01 Å². The number of nitrogens with zero attached hydrogens (tertiary/aromatic N) is 2. The first-order valence-corrected chi connectivity index (χ1v) is 7.30. The second-order valence-electron chi connectivity index (χ2n) is 5.78. The van der Waals surface area contributed by atoms with Crippen molar-refractivity contribution in [1.29, 1.82) is 0 Å². The van der Waals surface area contributed by atoms with Crippen molar-refractivity contribution in [2.24, 2.45) is 16.9 Å². The summed E-state index contributed by atoms with van der Waals surface area (Å²) in [4.78, 5) is 47.7. The van der Waals surface area contributed by atoms with Gasteiger partial charge in [-0.1, -0.05) is 24.3 Å². The van der Waals surface area contributed by atoms with Gasteiger partial charge in [0.15, 0.2) is 5.70 Å². The summed E-state index contributed by atoms with van der Waals surface area (Å²) in [6.07, 6.45) is 1.39. The fourth-order valence-electron chi connectivity index (χ4n) is 3.61. The molecule has 0 bridgehead atoms. The lowest BCUT2D eigenvalue weighted by Crippen LogP contribution is -2.46. The maximum atomic E-state index is 12.2. The molecule has 2 N–H and O–H groups in total. The molecule has 3 atom stereocenters. The Morgan fingerprint density at radius 2 is 1.80 bits per heavy atom. The quantitative estimate of drug-likeness (QED) is 0.572. The van der Waals surface area contributed by atoms with Crippen LogP contribution in [0.5, 0.6) is 0 Å². The van der Waals surface area contributed by atoms with Gasteiger partial charge in [0.25, 0.3) is 0 Å². The maximum absolute atomic E-state index is 12.2. The maximum Gasteiger partial charge on any atom is 0.354 e. The number of carbonyl (C=O) groups is 4. The van der Waals surface area contributed by atoms with E-state index < -0.39 is 53.0 Å². The number of hydrogen-bond donors (Lipinski definition) is 2. The molecule has 0 radical (unpaired) electrons. The van der Waals surface area contributed by atoms with Crippen LogP contribution in [0.4, 0.5) is 0 Å². The van der Waals surface area contributed by atoms with Gasteiger partial charge in [0, 0.05) is 0 Å². The lowest BCUT2D eigenvalue weighted by molar-refractivity contribution is -0.154. The number of carboxylic acids is 2. The van der Waals surface area contributed by atoms with E-state index in [2.05, 4.69) is 9.84 Å². The normalized spacial score (nSPS) is 26.7. The van der Waals surface area contributed by atoms with E-state index in [0.717, 1.165) is 5.01 Å². The van der Waals surface area contributed by atoms with Crippen LogP contribution in [0.15, 0.2) is 40.6 Å². The van der Waals surface area contributed by atoms with Crippen LogP contribution in [0.3, 0.4) is 0 Å². The highest BCUT2D eigenvalue weighted by Gasteiger charge is 2.60. The number of fused-ring (bicyclic) bond motifs is 5. The molecule has 3 unspecified atom stereocenters. The number of aliphatic carboxylic acids is 2. The summed E-state index contributed by atoms with van der Waals surface area (Å²) in [6.45, 7) is 0. The number of hydrazone groups is 1. The van der Waals surface area contributed by atoms with Gasteiger partial charge in [-0.2, -0.15) is 5.10 Å². The lowest BCUT2D eigenvalue weighted by Gasteiger charge is -2.41. The Bertz CT molecular complexity index is 917. The van der Waals surface area contributed by atoms with Gasteiger partial charge in [0.05, 0.1) is 17.8 Å². The van der Waals surface area contributed by atoms with Crippen molar-refractivity contribution >= 4 is 30.1 Å². The van der Waals surface area contributed by atoms with Crippen LogP contribution < -0.4 is 0 Å². The third-order valence-corrected chi connectivity index (χ3v) is 4.55. The molecular formula is C16H10N2O7. The molecule has 3 heterocycles. The first-order valence-electron chi connectivity index (χ1n) is 7.30.